The number of amides is 2. The van der Waals surface area contributed by atoms with Crippen molar-refractivity contribution in [3.8, 4) is 0 Å². The Bertz CT molecular complexity index is 621. The van der Waals surface area contributed by atoms with Gasteiger partial charge in [0.2, 0.25) is 11.8 Å². The van der Waals surface area contributed by atoms with E-state index in [2.05, 4.69) is 5.32 Å². The van der Waals surface area contributed by atoms with Gasteiger partial charge in [-0.2, -0.15) is 0 Å². The van der Waals surface area contributed by atoms with E-state index < -0.39 is 17.4 Å². The van der Waals surface area contributed by atoms with Gasteiger partial charge in [0.25, 0.3) is 0 Å². The summed E-state index contributed by atoms with van der Waals surface area (Å²) in [6, 6.07) is 3.52. The number of furan rings is 1. The van der Waals surface area contributed by atoms with Crippen LogP contribution in [0.2, 0.25) is 0 Å². The molecule has 1 aromatic heterocycles. The third-order valence-electron chi connectivity index (χ3n) is 4.49. The fraction of sp³-hybridized carbons (Fsp3) is 0.562. The Kier molecular flexibility index (Phi) is 4.57. The third kappa shape index (κ3) is 3.59. The molecule has 24 heavy (non-hydrogen) atoms. The number of carboxylic acid groups (broad SMARTS) is 1. The number of carbonyl (C=O) groups is 3. The van der Waals surface area contributed by atoms with Gasteiger partial charge in [-0.25, -0.2) is 0 Å². The summed E-state index contributed by atoms with van der Waals surface area (Å²) in [5, 5.41) is 11.9. The maximum atomic E-state index is 12.5. The van der Waals surface area contributed by atoms with Crippen molar-refractivity contribution in [2.24, 2.45) is 5.92 Å². The molecule has 130 valence electrons. The standard InChI is InChI=1S/C16H20N2O6/c19-13-6-11(8-18(13)9-12-2-1-4-24-12)15(22)17-16(7-14(20)21)3-5-23-10-16/h1-2,4,11H,3,5-10H2,(H,17,22)(H,20,21). The highest BCUT2D eigenvalue weighted by Gasteiger charge is 2.42. The molecule has 0 aliphatic carbocycles. The van der Waals surface area contributed by atoms with Crippen molar-refractivity contribution in [3.63, 3.8) is 0 Å². The van der Waals surface area contributed by atoms with Crippen LogP contribution in [-0.4, -0.2) is 53.1 Å². The van der Waals surface area contributed by atoms with Crippen LogP contribution in [-0.2, 0) is 25.7 Å². The second-order valence-electron chi connectivity index (χ2n) is 6.40. The molecule has 0 saturated carbocycles. The molecule has 8 heteroatoms. The maximum absolute atomic E-state index is 12.5. The minimum atomic E-state index is -0.984. The summed E-state index contributed by atoms with van der Waals surface area (Å²) in [6.45, 7) is 1.23. The highest BCUT2D eigenvalue weighted by Crippen LogP contribution is 2.26. The summed E-state index contributed by atoms with van der Waals surface area (Å²) in [7, 11) is 0. The average molecular weight is 336 g/mol. The quantitative estimate of drug-likeness (QED) is 0.777. The van der Waals surface area contributed by atoms with E-state index in [9.17, 15) is 14.4 Å². The zero-order valence-corrected chi connectivity index (χ0v) is 13.2. The number of rotatable bonds is 6. The zero-order valence-electron chi connectivity index (χ0n) is 13.2. The summed E-state index contributed by atoms with van der Waals surface area (Å²) in [4.78, 5) is 37.3. The van der Waals surface area contributed by atoms with Crippen LogP contribution in [0.25, 0.3) is 0 Å². The van der Waals surface area contributed by atoms with Gasteiger partial charge in [0.05, 0.1) is 37.3 Å². The first-order valence-corrected chi connectivity index (χ1v) is 7.89. The van der Waals surface area contributed by atoms with Gasteiger partial charge in [-0.1, -0.05) is 0 Å². The Balaban J connectivity index is 1.61. The lowest BCUT2D eigenvalue weighted by atomic mass is 9.93. The predicted octanol–water partition coefficient (Wildman–Crippen LogP) is 0.378. The van der Waals surface area contributed by atoms with Crippen molar-refractivity contribution in [2.45, 2.75) is 31.3 Å². The fourth-order valence-electron chi connectivity index (χ4n) is 3.23. The lowest BCUT2D eigenvalue weighted by Crippen LogP contribution is -2.52. The maximum Gasteiger partial charge on any atom is 0.305 e. The van der Waals surface area contributed by atoms with Crippen LogP contribution in [0.4, 0.5) is 0 Å². The first-order chi connectivity index (χ1) is 11.5. The first-order valence-electron chi connectivity index (χ1n) is 7.89. The van der Waals surface area contributed by atoms with Crippen LogP contribution in [0.15, 0.2) is 22.8 Å². The van der Waals surface area contributed by atoms with E-state index in [4.69, 9.17) is 14.3 Å². The number of carboxylic acids is 1. The Morgan fingerprint density at radius 3 is 2.92 bits per heavy atom. The lowest BCUT2D eigenvalue weighted by molar-refractivity contribution is -0.139. The second kappa shape index (κ2) is 6.64. The van der Waals surface area contributed by atoms with Crippen LogP contribution in [0.5, 0.6) is 0 Å². The largest absolute Gasteiger partial charge is 0.481 e. The monoisotopic (exact) mass is 336 g/mol. The normalized spacial score (nSPS) is 26.8. The van der Waals surface area contributed by atoms with Crippen molar-refractivity contribution in [1.82, 2.24) is 10.2 Å². The molecule has 2 amide bonds. The highest BCUT2D eigenvalue weighted by atomic mass is 16.5. The number of aliphatic carboxylic acids is 1. The van der Waals surface area contributed by atoms with Crippen molar-refractivity contribution >= 4 is 17.8 Å². The van der Waals surface area contributed by atoms with E-state index in [0.717, 1.165) is 0 Å². The molecule has 0 aromatic carbocycles. The van der Waals surface area contributed by atoms with Crippen LogP contribution < -0.4 is 5.32 Å². The van der Waals surface area contributed by atoms with Gasteiger partial charge in [-0.05, 0) is 18.6 Å². The average Bonchev–Trinajstić information content (AvgIpc) is 3.22. The molecular formula is C16H20N2O6. The lowest BCUT2D eigenvalue weighted by Gasteiger charge is -2.28. The SMILES string of the molecule is O=C(O)CC1(NC(=O)C2CC(=O)N(Cc3ccco3)C2)CCOC1. The molecule has 3 heterocycles. The Morgan fingerprint density at radius 2 is 2.29 bits per heavy atom. The van der Waals surface area contributed by atoms with Gasteiger partial charge in [0, 0.05) is 19.6 Å². The number of hydrogen-bond acceptors (Lipinski definition) is 5. The van der Waals surface area contributed by atoms with Gasteiger partial charge in [-0.15, -0.1) is 0 Å². The smallest absolute Gasteiger partial charge is 0.305 e. The van der Waals surface area contributed by atoms with E-state index in [1.165, 1.54) is 6.26 Å². The van der Waals surface area contributed by atoms with Crippen LogP contribution >= 0.6 is 0 Å². The van der Waals surface area contributed by atoms with Crippen LogP contribution in [0.1, 0.15) is 25.0 Å². The van der Waals surface area contributed by atoms with E-state index in [-0.39, 0.29) is 31.3 Å². The number of likely N-dealkylation sites (tertiary alicyclic amines) is 1. The topological polar surface area (TPSA) is 109 Å². The van der Waals surface area contributed by atoms with Gasteiger partial charge < -0.3 is 24.5 Å². The van der Waals surface area contributed by atoms with Crippen molar-refractivity contribution in [2.75, 3.05) is 19.8 Å². The molecule has 2 aliphatic rings. The second-order valence-corrected chi connectivity index (χ2v) is 6.40. The number of ether oxygens (including phenoxy) is 1. The number of hydrogen-bond donors (Lipinski definition) is 2. The molecule has 2 unspecified atom stereocenters. The highest BCUT2D eigenvalue weighted by molar-refractivity contribution is 5.89. The zero-order chi connectivity index (χ0) is 17.2. The van der Waals surface area contributed by atoms with E-state index in [1.807, 2.05) is 0 Å². The molecule has 2 atom stereocenters. The number of nitrogens with one attached hydrogen (secondary N) is 1. The van der Waals surface area contributed by atoms with Crippen LogP contribution in [0, 0.1) is 5.92 Å². The number of carbonyl (C=O) groups excluding carboxylic acids is 2. The van der Waals surface area contributed by atoms with Gasteiger partial charge >= 0.3 is 5.97 Å². The summed E-state index contributed by atoms with van der Waals surface area (Å²) < 4.78 is 10.5. The molecule has 8 nitrogen and oxygen atoms in total. The molecule has 2 N–H and O–H groups in total. The molecule has 2 fully saturated rings. The van der Waals surface area contributed by atoms with Crippen molar-refractivity contribution in [1.29, 1.82) is 0 Å². The van der Waals surface area contributed by atoms with E-state index in [1.54, 1.807) is 17.0 Å². The van der Waals surface area contributed by atoms with Gasteiger partial charge in [-0.3, -0.25) is 14.4 Å². The predicted molar refractivity (Wildman–Crippen MR) is 80.8 cm³/mol. The number of nitrogens with zero attached hydrogens (tertiary/aromatic N) is 1. The molecule has 0 spiro atoms. The van der Waals surface area contributed by atoms with Crippen LogP contribution in [0.3, 0.4) is 0 Å². The Morgan fingerprint density at radius 1 is 1.46 bits per heavy atom. The summed E-state index contributed by atoms with van der Waals surface area (Å²) in [5.41, 5.74) is -0.875. The first kappa shape index (κ1) is 16.5. The van der Waals surface area contributed by atoms with Crippen molar-refractivity contribution < 1.29 is 28.6 Å². The molecule has 2 aliphatic heterocycles. The third-order valence-corrected chi connectivity index (χ3v) is 4.49. The van der Waals surface area contributed by atoms with E-state index >= 15 is 0 Å². The van der Waals surface area contributed by atoms with Crippen molar-refractivity contribution in [3.05, 3.63) is 24.2 Å². The minimum Gasteiger partial charge on any atom is -0.481 e. The van der Waals surface area contributed by atoms with Gasteiger partial charge in [0.15, 0.2) is 0 Å². The molecule has 0 bridgehead atoms. The Hall–Kier alpha value is -2.35. The molecule has 0 radical (unpaired) electrons. The summed E-state index contributed by atoms with van der Waals surface area (Å²) >= 11 is 0. The van der Waals surface area contributed by atoms with E-state index in [0.29, 0.717) is 31.9 Å². The molecule has 1 aromatic rings. The summed E-state index contributed by atoms with van der Waals surface area (Å²) in [6.07, 6.45) is 1.93. The molecule has 3 rings (SSSR count). The molecular weight excluding hydrogens is 316 g/mol. The summed E-state index contributed by atoms with van der Waals surface area (Å²) in [5.74, 6) is -1.21. The fourth-order valence-corrected chi connectivity index (χ4v) is 3.23. The Labute approximate surface area is 138 Å². The minimum absolute atomic E-state index is 0.110. The molecule has 2 saturated heterocycles. The van der Waals surface area contributed by atoms with Gasteiger partial charge in [0.1, 0.15) is 5.76 Å².